The van der Waals surface area contributed by atoms with Crippen molar-refractivity contribution < 1.29 is 0 Å². The topological polar surface area (TPSA) is 17.8 Å². The molecule has 0 aliphatic rings. The Morgan fingerprint density at radius 1 is 1.24 bits per heavy atom. The lowest BCUT2D eigenvalue weighted by Crippen LogP contribution is -2.45. The van der Waals surface area contributed by atoms with Gasteiger partial charge in [-0.25, -0.2) is 4.98 Å². The molecular weight excluding hydrogens is 271 g/mol. The SMILES string of the molecule is C[Si](C)(Cn1ccnc1)c1ccc(Cl)c(Cl)c1. The summed E-state index contributed by atoms with van der Waals surface area (Å²) >= 11 is 12.0. The summed E-state index contributed by atoms with van der Waals surface area (Å²) in [5, 5.41) is 2.55. The van der Waals surface area contributed by atoms with Crippen LogP contribution < -0.4 is 5.19 Å². The van der Waals surface area contributed by atoms with Gasteiger partial charge in [-0.2, -0.15) is 0 Å². The Morgan fingerprint density at radius 3 is 2.59 bits per heavy atom. The van der Waals surface area contributed by atoms with Crippen molar-refractivity contribution >= 4 is 36.5 Å². The fourth-order valence-corrected chi connectivity index (χ4v) is 4.59. The molecule has 0 aliphatic heterocycles. The standard InChI is InChI=1S/C12H14Cl2N2Si/c1-17(2,9-16-6-5-15-8-16)10-3-4-11(13)12(14)7-10/h3-8H,9H2,1-2H3. The van der Waals surface area contributed by atoms with E-state index in [-0.39, 0.29) is 0 Å². The molecule has 1 aromatic carbocycles. The van der Waals surface area contributed by atoms with E-state index in [1.165, 1.54) is 5.19 Å². The predicted molar refractivity (Wildman–Crippen MR) is 75.8 cm³/mol. The van der Waals surface area contributed by atoms with Crippen molar-refractivity contribution in [2.45, 2.75) is 19.3 Å². The first-order chi connectivity index (χ1) is 7.99. The zero-order chi connectivity index (χ0) is 12.5. The highest BCUT2D eigenvalue weighted by Crippen LogP contribution is 2.21. The summed E-state index contributed by atoms with van der Waals surface area (Å²) in [4.78, 5) is 4.07. The number of benzene rings is 1. The molecule has 90 valence electrons. The molecule has 0 N–H and O–H groups in total. The summed E-state index contributed by atoms with van der Waals surface area (Å²) in [6.07, 6.45) is 6.64. The molecule has 17 heavy (non-hydrogen) atoms. The third kappa shape index (κ3) is 2.92. The fourth-order valence-electron chi connectivity index (χ4n) is 1.85. The maximum atomic E-state index is 6.07. The van der Waals surface area contributed by atoms with Crippen LogP contribution in [0.15, 0.2) is 36.9 Å². The summed E-state index contributed by atoms with van der Waals surface area (Å²) in [5.41, 5.74) is 0. The molecule has 0 atom stereocenters. The predicted octanol–water partition coefficient (Wildman–Crippen LogP) is 3.34. The summed E-state index contributed by atoms with van der Waals surface area (Å²) in [7, 11) is -1.56. The quantitative estimate of drug-likeness (QED) is 0.791. The van der Waals surface area contributed by atoms with Crippen LogP contribution in [0.25, 0.3) is 0 Å². The molecule has 0 bridgehead atoms. The molecule has 0 aliphatic carbocycles. The van der Waals surface area contributed by atoms with Gasteiger partial charge in [0.25, 0.3) is 0 Å². The van der Waals surface area contributed by atoms with Gasteiger partial charge in [-0.3, -0.25) is 0 Å². The Labute approximate surface area is 112 Å². The second kappa shape index (κ2) is 4.84. The molecule has 2 nitrogen and oxygen atoms in total. The number of nitrogens with zero attached hydrogens (tertiary/aromatic N) is 2. The van der Waals surface area contributed by atoms with Gasteiger partial charge in [-0.15, -0.1) is 0 Å². The van der Waals surface area contributed by atoms with Crippen LogP contribution in [-0.4, -0.2) is 17.6 Å². The van der Waals surface area contributed by atoms with Gasteiger partial charge >= 0.3 is 0 Å². The Balaban J connectivity index is 2.27. The fraction of sp³-hybridized carbons (Fsp3) is 0.250. The molecular formula is C12H14Cl2N2Si. The summed E-state index contributed by atoms with van der Waals surface area (Å²) in [6, 6.07) is 5.95. The Morgan fingerprint density at radius 2 is 2.00 bits per heavy atom. The first kappa shape index (κ1) is 12.7. The molecule has 0 radical (unpaired) electrons. The molecule has 1 aromatic heterocycles. The lowest BCUT2D eigenvalue weighted by molar-refractivity contribution is 0.855. The minimum atomic E-state index is -1.56. The minimum Gasteiger partial charge on any atom is -0.340 e. The smallest absolute Gasteiger partial charge is 0.102 e. The van der Waals surface area contributed by atoms with Gasteiger partial charge in [0.05, 0.1) is 16.4 Å². The zero-order valence-electron chi connectivity index (χ0n) is 9.82. The van der Waals surface area contributed by atoms with Gasteiger partial charge in [0, 0.05) is 18.6 Å². The van der Waals surface area contributed by atoms with Crippen LogP contribution in [0, 0.1) is 0 Å². The van der Waals surface area contributed by atoms with E-state index >= 15 is 0 Å². The highest BCUT2D eigenvalue weighted by molar-refractivity contribution is 6.89. The van der Waals surface area contributed by atoms with E-state index in [0.29, 0.717) is 10.0 Å². The van der Waals surface area contributed by atoms with Crippen LogP contribution in [0.2, 0.25) is 23.1 Å². The van der Waals surface area contributed by atoms with Gasteiger partial charge in [-0.05, 0) is 12.1 Å². The molecule has 0 unspecified atom stereocenters. The number of rotatable bonds is 3. The molecule has 1 heterocycles. The van der Waals surface area contributed by atoms with Crippen LogP contribution in [0.3, 0.4) is 0 Å². The normalized spacial score (nSPS) is 11.8. The van der Waals surface area contributed by atoms with Gasteiger partial charge in [0.2, 0.25) is 0 Å². The van der Waals surface area contributed by atoms with E-state index in [9.17, 15) is 0 Å². The monoisotopic (exact) mass is 284 g/mol. The van der Waals surface area contributed by atoms with Crippen molar-refractivity contribution in [1.29, 1.82) is 0 Å². The lowest BCUT2D eigenvalue weighted by atomic mass is 10.4. The largest absolute Gasteiger partial charge is 0.340 e. The van der Waals surface area contributed by atoms with Crippen molar-refractivity contribution in [2.24, 2.45) is 0 Å². The average molecular weight is 285 g/mol. The molecule has 0 fully saturated rings. The maximum absolute atomic E-state index is 6.07. The number of hydrogen-bond donors (Lipinski definition) is 0. The van der Waals surface area contributed by atoms with Crippen molar-refractivity contribution in [3.05, 3.63) is 47.0 Å². The van der Waals surface area contributed by atoms with E-state index in [4.69, 9.17) is 23.2 Å². The molecule has 2 aromatic rings. The Kier molecular flexibility index (Phi) is 3.61. The highest BCUT2D eigenvalue weighted by atomic mass is 35.5. The van der Waals surface area contributed by atoms with Gasteiger partial charge in [-0.1, -0.05) is 47.5 Å². The van der Waals surface area contributed by atoms with E-state index in [0.717, 1.165) is 6.17 Å². The number of imidazole rings is 1. The van der Waals surface area contributed by atoms with E-state index in [2.05, 4.69) is 28.7 Å². The maximum Gasteiger partial charge on any atom is 0.102 e. The molecule has 2 rings (SSSR count). The van der Waals surface area contributed by atoms with E-state index in [1.54, 1.807) is 6.20 Å². The molecule has 0 saturated heterocycles. The Bertz CT molecular complexity index is 509. The van der Waals surface area contributed by atoms with E-state index in [1.807, 2.05) is 24.7 Å². The van der Waals surface area contributed by atoms with Gasteiger partial charge in [0.1, 0.15) is 8.07 Å². The summed E-state index contributed by atoms with van der Waals surface area (Å²) < 4.78 is 2.12. The van der Waals surface area contributed by atoms with Crippen molar-refractivity contribution in [3.63, 3.8) is 0 Å². The van der Waals surface area contributed by atoms with Crippen LogP contribution in [0.5, 0.6) is 0 Å². The second-order valence-electron chi connectivity index (χ2n) is 4.75. The van der Waals surface area contributed by atoms with Crippen LogP contribution >= 0.6 is 23.2 Å². The summed E-state index contributed by atoms with van der Waals surface area (Å²) in [6.45, 7) is 4.62. The van der Waals surface area contributed by atoms with Crippen molar-refractivity contribution in [1.82, 2.24) is 9.55 Å². The number of aromatic nitrogens is 2. The molecule has 0 saturated carbocycles. The Hall–Kier alpha value is -0.773. The van der Waals surface area contributed by atoms with Crippen LogP contribution in [-0.2, 0) is 6.17 Å². The van der Waals surface area contributed by atoms with Crippen LogP contribution in [0.4, 0.5) is 0 Å². The van der Waals surface area contributed by atoms with Crippen molar-refractivity contribution in [2.75, 3.05) is 0 Å². The van der Waals surface area contributed by atoms with Gasteiger partial charge < -0.3 is 4.57 Å². The molecule has 0 amide bonds. The number of halogens is 2. The molecule has 0 spiro atoms. The minimum absolute atomic E-state index is 0.614. The van der Waals surface area contributed by atoms with Crippen molar-refractivity contribution in [3.8, 4) is 0 Å². The number of hydrogen-bond acceptors (Lipinski definition) is 1. The lowest BCUT2D eigenvalue weighted by Gasteiger charge is -2.23. The first-order valence-corrected chi connectivity index (χ1v) is 9.36. The van der Waals surface area contributed by atoms with E-state index < -0.39 is 8.07 Å². The van der Waals surface area contributed by atoms with Gasteiger partial charge in [0.15, 0.2) is 0 Å². The summed E-state index contributed by atoms with van der Waals surface area (Å²) in [5.74, 6) is 0. The van der Waals surface area contributed by atoms with Crippen LogP contribution in [0.1, 0.15) is 0 Å². The average Bonchev–Trinajstić information content (AvgIpc) is 2.73. The zero-order valence-corrected chi connectivity index (χ0v) is 12.3. The third-order valence-corrected chi connectivity index (χ3v) is 6.61. The highest BCUT2D eigenvalue weighted by Gasteiger charge is 2.24. The first-order valence-electron chi connectivity index (χ1n) is 5.40. The molecule has 5 heteroatoms. The third-order valence-electron chi connectivity index (χ3n) is 2.84. The second-order valence-corrected chi connectivity index (χ2v) is 10.2.